The van der Waals surface area contributed by atoms with Gasteiger partial charge in [-0.25, -0.2) is 0 Å². The molecule has 0 atom stereocenters. The Morgan fingerprint density at radius 1 is 1.24 bits per heavy atom. The summed E-state index contributed by atoms with van der Waals surface area (Å²) in [4.78, 5) is 12.1. The second-order valence-corrected chi connectivity index (χ2v) is 5.39. The highest BCUT2D eigenvalue weighted by Gasteiger charge is 2.10. The minimum Gasteiger partial charge on any atom is -0.495 e. The van der Waals surface area contributed by atoms with Gasteiger partial charge in [0.15, 0.2) is 6.61 Å². The van der Waals surface area contributed by atoms with Gasteiger partial charge in [0, 0.05) is 10.6 Å². The molecule has 1 aromatic heterocycles. The Balaban J connectivity index is 1.58. The highest BCUT2D eigenvalue weighted by Crippen LogP contribution is 2.27. The van der Waals surface area contributed by atoms with Crippen molar-refractivity contribution in [3.8, 4) is 23.0 Å². The maximum absolute atomic E-state index is 12.1. The molecule has 1 heterocycles. The van der Waals surface area contributed by atoms with Crippen LogP contribution in [0.15, 0.2) is 53.3 Å². The maximum Gasteiger partial charge on any atom is 0.262 e. The van der Waals surface area contributed by atoms with Crippen molar-refractivity contribution < 1.29 is 18.7 Å². The molecule has 0 aliphatic carbocycles. The van der Waals surface area contributed by atoms with Gasteiger partial charge < -0.3 is 19.2 Å². The molecule has 0 aliphatic rings. The van der Waals surface area contributed by atoms with Crippen molar-refractivity contribution in [2.45, 2.75) is 0 Å². The number of hydrogen-bond donors (Lipinski definition) is 1. The van der Waals surface area contributed by atoms with Crippen LogP contribution in [0, 0.1) is 0 Å². The number of hydrogen-bond acceptors (Lipinski definition) is 6. The number of anilines is 1. The highest BCUT2D eigenvalue weighted by molar-refractivity contribution is 6.31. The van der Waals surface area contributed by atoms with E-state index >= 15 is 0 Å². The standard InChI is InChI=1S/C17H14ClN3O4/c1-23-15-7-4-12(18)8-14(15)20-16(22)9-24-13-5-2-11(3-6-13)17-21-19-10-25-17/h2-8,10H,9H2,1H3,(H,20,22). The van der Waals surface area contributed by atoms with Crippen LogP contribution in [0.1, 0.15) is 0 Å². The maximum atomic E-state index is 12.1. The number of benzene rings is 2. The van der Waals surface area contributed by atoms with E-state index in [1.54, 1.807) is 42.5 Å². The Morgan fingerprint density at radius 3 is 2.72 bits per heavy atom. The molecule has 0 saturated carbocycles. The van der Waals surface area contributed by atoms with Crippen LogP contribution < -0.4 is 14.8 Å². The monoisotopic (exact) mass is 359 g/mol. The van der Waals surface area contributed by atoms with Gasteiger partial charge in [-0.3, -0.25) is 4.79 Å². The van der Waals surface area contributed by atoms with Crippen molar-refractivity contribution in [3.63, 3.8) is 0 Å². The molecule has 2 aromatic carbocycles. The van der Waals surface area contributed by atoms with Crippen LogP contribution in [0.4, 0.5) is 5.69 Å². The number of methoxy groups -OCH3 is 1. The molecule has 0 radical (unpaired) electrons. The summed E-state index contributed by atoms with van der Waals surface area (Å²) >= 11 is 5.93. The van der Waals surface area contributed by atoms with Gasteiger partial charge in [0.1, 0.15) is 11.5 Å². The normalized spacial score (nSPS) is 10.3. The quantitative estimate of drug-likeness (QED) is 0.725. The molecule has 3 aromatic rings. The van der Waals surface area contributed by atoms with Gasteiger partial charge in [-0.15, -0.1) is 10.2 Å². The predicted octanol–water partition coefficient (Wildman–Crippen LogP) is 3.42. The second-order valence-electron chi connectivity index (χ2n) is 4.95. The number of ether oxygens (including phenoxy) is 2. The van der Waals surface area contributed by atoms with E-state index in [0.717, 1.165) is 5.56 Å². The molecule has 0 aliphatic heterocycles. The summed E-state index contributed by atoms with van der Waals surface area (Å²) in [6, 6.07) is 11.9. The number of carbonyl (C=O) groups is 1. The third-order valence-electron chi connectivity index (χ3n) is 3.27. The summed E-state index contributed by atoms with van der Waals surface area (Å²) in [7, 11) is 1.51. The fourth-order valence-electron chi connectivity index (χ4n) is 2.11. The molecule has 1 N–H and O–H groups in total. The van der Waals surface area contributed by atoms with E-state index in [4.69, 9.17) is 25.5 Å². The molecule has 0 saturated heterocycles. The Labute approximate surface area is 148 Å². The molecular formula is C17H14ClN3O4. The van der Waals surface area contributed by atoms with Crippen LogP contribution in [0.25, 0.3) is 11.5 Å². The largest absolute Gasteiger partial charge is 0.495 e. The number of aromatic nitrogens is 2. The van der Waals surface area contributed by atoms with Crippen molar-refractivity contribution in [1.29, 1.82) is 0 Å². The fraction of sp³-hybridized carbons (Fsp3) is 0.118. The van der Waals surface area contributed by atoms with Gasteiger partial charge in [-0.05, 0) is 42.5 Å². The van der Waals surface area contributed by atoms with Crippen molar-refractivity contribution in [2.75, 3.05) is 19.0 Å². The third-order valence-corrected chi connectivity index (χ3v) is 3.50. The van der Waals surface area contributed by atoms with Crippen LogP contribution >= 0.6 is 11.6 Å². The molecule has 25 heavy (non-hydrogen) atoms. The van der Waals surface area contributed by atoms with Gasteiger partial charge in [-0.1, -0.05) is 11.6 Å². The van der Waals surface area contributed by atoms with Gasteiger partial charge in [0.25, 0.3) is 5.91 Å². The first-order chi connectivity index (χ1) is 12.2. The van der Waals surface area contributed by atoms with Crippen molar-refractivity contribution in [3.05, 3.63) is 53.9 Å². The van der Waals surface area contributed by atoms with E-state index in [1.807, 2.05) is 0 Å². The van der Waals surface area contributed by atoms with Crippen LogP contribution in [-0.4, -0.2) is 29.8 Å². The summed E-state index contributed by atoms with van der Waals surface area (Å²) in [6.07, 6.45) is 1.26. The lowest BCUT2D eigenvalue weighted by Gasteiger charge is -2.11. The molecular weight excluding hydrogens is 346 g/mol. The van der Waals surface area contributed by atoms with Gasteiger partial charge in [0.05, 0.1) is 12.8 Å². The zero-order valence-corrected chi connectivity index (χ0v) is 14.0. The fourth-order valence-corrected chi connectivity index (χ4v) is 2.28. The molecule has 1 amide bonds. The third kappa shape index (κ3) is 4.27. The molecule has 0 unspecified atom stereocenters. The Hall–Kier alpha value is -3.06. The number of rotatable bonds is 6. The first-order valence-electron chi connectivity index (χ1n) is 7.28. The summed E-state index contributed by atoms with van der Waals surface area (Å²) in [5, 5.41) is 10.6. The van der Waals surface area contributed by atoms with E-state index < -0.39 is 0 Å². The van der Waals surface area contributed by atoms with Gasteiger partial charge in [0.2, 0.25) is 12.3 Å². The molecule has 7 nitrogen and oxygen atoms in total. The summed E-state index contributed by atoms with van der Waals surface area (Å²) in [5.41, 5.74) is 1.24. The lowest BCUT2D eigenvalue weighted by molar-refractivity contribution is -0.118. The summed E-state index contributed by atoms with van der Waals surface area (Å²) in [5.74, 6) is 1.14. The Bertz CT molecular complexity index is 851. The Morgan fingerprint density at radius 2 is 2.04 bits per heavy atom. The lowest BCUT2D eigenvalue weighted by Crippen LogP contribution is -2.20. The van der Waals surface area contributed by atoms with Gasteiger partial charge in [-0.2, -0.15) is 0 Å². The van der Waals surface area contributed by atoms with Crippen LogP contribution in [-0.2, 0) is 4.79 Å². The molecule has 128 valence electrons. The molecule has 8 heteroatoms. The van der Waals surface area contributed by atoms with E-state index in [2.05, 4.69) is 15.5 Å². The number of halogens is 1. The van der Waals surface area contributed by atoms with E-state index in [1.165, 1.54) is 13.5 Å². The first kappa shape index (κ1) is 16.8. The summed E-state index contributed by atoms with van der Waals surface area (Å²) in [6.45, 7) is -0.157. The number of carbonyl (C=O) groups excluding carboxylic acids is 1. The van der Waals surface area contributed by atoms with Crippen LogP contribution in [0.5, 0.6) is 11.5 Å². The minimum absolute atomic E-state index is 0.157. The lowest BCUT2D eigenvalue weighted by atomic mass is 10.2. The first-order valence-corrected chi connectivity index (χ1v) is 7.66. The predicted molar refractivity (Wildman–Crippen MR) is 91.9 cm³/mol. The zero-order valence-electron chi connectivity index (χ0n) is 13.2. The molecule has 3 rings (SSSR count). The second kappa shape index (κ2) is 7.67. The smallest absolute Gasteiger partial charge is 0.262 e. The summed E-state index contributed by atoms with van der Waals surface area (Å²) < 4.78 is 15.7. The highest BCUT2D eigenvalue weighted by atomic mass is 35.5. The number of nitrogens with zero attached hydrogens (tertiary/aromatic N) is 2. The van der Waals surface area contributed by atoms with E-state index in [0.29, 0.717) is 28.1 Å². The van der Waals surface area contributed by atoms with Crippen LogP contribution in [0.2, 0.25) is 5.02 Å². The van der Waals surface area contributed by atoms with E-state index in [9.17, 15) is 4.79 Å². The SMILES string of the molecule is COc1ccc(Cl)cc1NC(=O)COc1ccc(-c2nnco2)cc1. The topological polar surface area (TPSA) is 86.5 Å². The van der Waals surface area contributed by atoms with Crippen molar-refractivity contribution in [1.82, 2.24) is 10.2 Å². The molecule has 0 fully saturated rings. The Kier molecular flexibility index (Phi) is 5.15. The van der Waals surface area contributed by atoms with Crippen molar-refractivity contribution >= 4 is 23.2 Å². The van der Waals surface area contributed by atoms with E-state index in [-0.39, 0.29) is 12.5 Å². The van der Waals surface area contributed by atoms with Crippen LogP contribution in [0.3, 0.4) is 0 Å². The average Bonchev–Trinajstić information content (AvgIpc) is 3.15. The number of amides is 1. The zero-order chi connectivity index (χ0) is 17.6. The number of nitrogens with one attached hydrogen (secondary N) is 1. The molecule has 0 bridgehead atoms. The van der Waals surface area contributed by atoms with Gasteiger partial charge >= 0.3 is 0 Å². The average molecular weight is 360 g/mol. The molecule has 0 spiro atoms. The van der Waals surface area contributed by atoms with Crippen molar-refractivity contribution in [2.24, 2.45) is 0 Å². The minimum atomic E-state index is -0.332.